The molecule has 2 fully saturated rings. The molecule has 0 spiro atoms. The van der Waals surface area contributed by atoms with Gasteiger partial charge in [0.1, 0.15) is 12.2 Å². The van der Waals surface area contributed by atoms with Crippen LogP contribution in [-0.2, 0) is 4.74 Å². The fourth-order valence-electron chi connectivity index (χ4n) is 1.24. The average Bonchev–Trinajstić information content (AvgIpc) is 2.39. The predicted octanol–water partition coefficient (Wildman–Crippen LogP) is -1.12. The lowest BCUT2D eigenvalue weighted by molar-refractivity contribution is -0.000732. The SMILES string of the molecule is O[C@H]1[C@H]2O[C@@H]2C[C@H]1O. The minimum atomic E-state index is -0.611. The molecule has 3 nitrogen and oxygen atoms in total. The molecule has 1 aliphatic heterocycles. The first-order chi connectivity index (χ1) is 3.79. The summed E-state index contributed by atoms with van der Waals surface area (Å²) in [4.78, 5) is 0. The fourth-order valence-corrected chi connectivity index (χ4v) is 1.24. The van der Waals surface area contributed by atoms with Crippen molar-refractivity contribution >= 4 is 0 Å². The van der Waals surface area contributed by atoms with E-state index in [4.69, 9.17) is 14.9 Å². The number of hydrogen-bond donors (Lipinski definition) is 2. The van der Waals surface area contributed by atoms with Gasteiger partial charge >= 0.3 is 0 Å². The van der Waals surface area contributed by atoms with Crippen LogP contribution < -0.4 is 0 Å². The average molecular weight is 116 g/mol. The second-order valence-corrected chi connectivity index (χ2v) is 2.43. The molecule has 8 heavy (non-hydrogen) atoms. The van der Waals surface area contributed by atoms with Crippen LogP contribution in [0.15, 0.2) is 0 Å². The fraction of sp³-hybridized carbons (Fsp3) is 1.00. The van der Waals surface area contributed by atoms with E-state index in [1.54, 1.807) is 0 Å². The Morgan fingerprint density at radius 3 is 2.38 bits per heavy atom. The number of rotatable bonds is 0. The standard InChI is InChI=1S/C5H8O3/c6-2-1-3-5(8-3)4(2)7/h2-7H,1H2/t2-,3-,4-,5+/m1/s1. The van der Waals surface area contributed by atoms with E-state index >= 15 is 0 Å². The van der Waals surface area contributed by atoms with Crippen molar-refractivity contribution in [2.75, 3.05) is 0 Å². The Balaban J connectivity index is 2.08. The highest BCUT2D eigenvalue weighted by Gasteiger charge is 2.54. The maximum absolute atomic E-state index is 8.93. The van der Waals surface area contributed by atoms with Crippen molar-refractivity contribution in [1.29, 1.82) is 0 Å². The number of hydrogen-bond acceptors (Lipinski definition) is 3. The molecule has 1 aliphatic carbocycles. The van der Waals surface area contributed by atoms with Gasteiger partial charge in [0.25, 0.3) is 0 Å². The van der Waals surface area contributed by atoms with Gasteiger partial charge in [-0.25, -0.2) is 0 Å². The molecule has 1 heterocycles. The van der Waals surface area contributed by atoms with Gasteiger partial charge in [0.05, 0.1) is 12.2 Å². The van der Waals surface area contributed by atoms with Crippen molar-refractivity contribution in [3.05, 3.63) is 0 Å². The van der Waals surface area contributed by atoms with E-state index in [0.717, 1.165) is 0 Å². The smallest absolute Gasteiger partial charge is 0.113 e. The first-order valence-electron chi connectivity index (χ1n) is 2.80. The molecule has 4 atom stereocenters. The predicted molar refractivity (Wildman–Crippen MR) is 25.3 cm³/mol. The van der Waals surface area contributed by atoms with Crippen LogP contribution >= 0.6 is 0 Å². The summed E-state index contributed by atoms with van der Waals surface area (Å²) in [6.07, 6.45) is -0.394. The minimum Gasteiger partial charge on any atom is -0.390 e. The first-order valence-corrected chi connectivity index (χ1v) is 2.80. The van der Waals surface area contributed by atoms with Gasteiger partial charge in [0.15, 0.2) is 0 Å². The van der Waals surface area contributed by atoms with E-state index in [1.807, 2.05) is 0 Å². The molecule has 0 unspecified atom stereocenters. The maximum atomic E-state index is 8.93. The molecule has 2 N–H and O–H groups in total. The molecule has 0 bridgehead atoms. The molecule has 1 saturated heterocycles. The van der Waals surface area contributed by atoms with Gasteiger partial charge in [-0.3, -0.25) is 0 Å². The Labute approximate surface area is 46.9 Å². The third-order valence-electron chi connectivity index (χ3n) is 1.83. The zero-order valence-electron chi connectivity index (χ0n) is 4.32. The summed E-state index contributed by atoms with van der Waals surface area (Å²) in [5.41, 5.74) is 0. The molecule has 2 rings (SSSR count). The summed E-state index contributed by atoms with van der Waals surface area (Å²) in [7, 11) is 0. The summed E-state index contributed by atoms with van der Waals surface area (Å²) in [6.45, 7) is 0. The molecular weight excluding hydrogens is 108 g/mol. The van der Waals surface area contributed by atoms with Crippen molar-refractivity contribution in [1.82, 2.24) is 0 Å². The zero-order chi connectivity index (χ0) is 5.72. The van der Waals surface area contributed by atoms with Crippen LogP contribution in [0.4, 0.5) is 0 Å². The lowest BCUT2D eigenvalue weighted by atomic mass is 10.2. The maximum Gasteiger partial charge on any atom is 0.113 e. The molecule has 0 radical (unpaired) electrons. The van der Waals surface area contributed by atoms with Gasteiger partial charge in [0, 0.05) is 6.42 Å². The lowest BCUT2D eigenvalue weighted by Gasteiger charge is -2.07. The second-order valence-electron chi connectivity index (χ2n) is 2.43. The highest BCUT2D eigenvalue weighted by atomic mass is 16.6. The van der Waals surface area contributed by atoms with Crippen LogP contribution in [0.25, 0.3) is 0 Å². The van der Waals surface area contributed by atoms with Crippen molar-refractivity contribution in [3.8, 4) is 0 Å². The largest absolute Gasteiger partial charge is 0.390 e. The third kappa shape index (κ3) is 0.438. The lowest BCUT2D eigenvalue weighted by Crippen LogP contribution is -2.25. The Hall–Kier alpha value is -0.120. The molecule has 2 aliphatic rings. The van der Waals surface area contributed by atoms with E-state index in [2.05, 4.69) is 0 Å². The Bertz CT molecular complexity index is 112. The normalized spacial score (nSPS) is 60.8. The van der Waals surface area contributed by atoms with Gasteiger partial charge in [-0.15, -0.1) is 0 Å². The first kappa shape index (κ1) is 4.73. The highest BCUT2D eigenvalue weighted by molar-refractivity contribution is 5.02. The van der Waals surface area contributed by atoms with Crippen LogP contribution in [0.1, 0.15) is 6.42 Å². The van der Waals surface area contributed by atoms with E-state index < -0.39 is 12.2 Å². The highest BCUT2D eigenvalue weighted by Crippen LogP contribution is 2.38. The Morgan fingerprint density at radius 2 is 2.12 bits per heavy atom. The van der Waals surface area contributed by atoms with Gasteiger partial charge in [-0.05, 0) is 0 Å². The van der Waals surface area contributed by atoms with Gasteiger partial charge in [-0.2, -0.15) is 0 Å². The van der Waals surface area contributed by atoms with Gasteiger partial charge < -0.3 is 14.9 Å². The van der Waals surface area contributed by atoms with Crippen LogP contribution in [-0.4, -0.2) is 34.6 Å². The molecule has 0 aromatic heterocycles. The van der Waals surface area contributed by atoms with E-state index in [0.29, 0.717) is 6.42 Å². The zero-order valence-corrected chi connectivity index (χ0v) is 4.32. The number of ether oxygens (including phenoxy) is 1. The molecule has 0 aromatic carbocycles. The molecule has 3 heteroatoms. The minimum absolute atomic E-state index is 0.0370. The summed E-state index contributed by atoms with van der Waals surface area (Å²) >= 11 is 0. The van der Waals surface area contributed by atoms with E-state index in [1.165, 1.54) is 0 Å². The van der Waals surface area contributed by atoms with E-state index in [-0.39, 0.29) is 12.2 Å². The molecule has 0 amide bonds. The van der Waals surface area contributed by atoms with Crippen LogP contribution in [0.3, 0.4) is 0 Å². The number of aliphatic hydroxyl groups is 2. The summed E-state index contributed by atoms with van der Waals surface area (Å²) in [5, 5.41) is 17.8. The topological polar surface area (TPSA) is 53.0 Å². The van der Waals surface area contributed by atoms with Crippen molar-refractivity contribution in [2.24, 2.45) is 0 Å². The molecule has 46 valence electrons. The quantitative estimate of drug-likeness (QED) is 0.394. The summed E-state index contributed by atoms with van der Waals surface area (Å²) in [6, 6.07) is 0. The van der Waals surface area contributed by atoms with Gasteiger partial charge in [-0.1, -0.05) is 0 Å². The monoisotopic (exact) mass is 116 g/mol. The van der Waals surface area contributed by atoms with Crippen LogP contribution in [0.2, 0.25) is 0 Å². The molecule has 1 saturated carbocycles. The van der Waals surface area contributed by atoms with Crippen molar-refractivity contribution in [3.63, 3.8) is 0 Å². The summed E-state index contributed by atoms with van der Waals surface area (Å²) in [5.74, 6) is 0. The number of epoxide rings is 1. The summed E-state index contributed by atoms with van der Waals surface area (Å²) < 4.78 is 4.93. The second kappa shape index (κ2) is 1.23. The van der Waals surface area contributed by atoms with Crippen molar-refractivity contribution in [2.45, 2.75) is 30.8 Å². The molecule has 0 aromatic rings. The number of aliphatic hydroxyl groups excluding tert-OH is 2. The third-order valence-corrected chi connectivity index (χ3v) is 1.83. The molecular formula is C5H8O3. The number of fused-ring (bicyclic) bond motifs is 1. The Morgan fingerprint density at radius 1 is 1.38 bits per heavy atom. The van der Waals surface area contributed by atoms with Crippen molar-refractivity contribution < 1.29 is 14.9 Å². The van der Waals surface area contributed by atoms with Crippen LogP contribution in [0.5, 0.6) is 0 Å². The van der Waals surface area contributed by atoms with Gasteiger partial charge in [0.2, 0.25) is 0 Å². The van der Waals surface area contributed by atoms with E-state index in [9.17, 15) is 0 Å². The van der Waals surface area contributed by atoms with Crippen LogP contribution in [0, 0.1) is 0 Å². The Kier molecular flexibility index (Phi) is 0.730.